The van der Waals surface area contributed by atoms with E-state index in [0.29, 0.717) is 5.57 Å². The predicted molar refractivity (Wildman–Crippen MR) is 115 cm³/mol. The van der Waals surface area contributed by atoms with Gasteiger partial charge in [-0.1, -0.05) is 0 Å². The number of hydrogen-bond donors (Lipinski definition) is 1. The monoisotopic (exact) mass is 404 g/mol. The van der Waals surface area contributed by atoms with E-state index in [1.807, 2.05) is 29.4 Å². The van der Waals surface area contributed by atoms with Crippen LogP contribution in [0.3, 0.4) is 0 Å². The predicted octanol–water partition coefficient (Wildman–Crippen LogP) is 4.07. The number of ether oxygens (including phenoxy) is 1. The molecule has 1 atom stereocenters. The first-order valence-electron chi connectivity index (χ1n) is 10.6. The van der Waals surface area contributed by atoms with Crippen molar-refractivity contribution in [1.29, 1.82) is 5.26 Å². The van der Waals surface area contributed by atoms with Crippen molar-refractivity contribution in [3.05, 3.63) is 63.3 Å². The molecule has 0 unspecified atom stereocenters. The Morgan fingerprint density at radius 3 is 2.50 bits per heavy atom. The molecule has 0 saturated carbocycles. The normalized spacial score (nSPS) is 20.4. The average Bonchev–Trinajstić information content (AvgIpc) is 3.29. The highest BCUT2D eigenvalue weighted by molar-refractivity contribution is 5.63. The maximum Gasteiger partial charge on any atom is 0.205 e. The third-order valence-corrected chi connectivity index (χ3v) is 5.97. The lowest BCUT2D eigenvalue weighted by Gasteiger charge is -2.33. The van der Waals surface area contributed by atoms with Gasteiger partial charge in [-0.05, 0) is 64.2 Å². The fourth-order valence-electron chi connectivity index (χ4n) is 4.39. The average molecular weight is 405 g/mol. The summed E-state index contributed by atoms with van der Waals surface area (Å²) in [5.41, 5.74) is 13.0. The zero-order chi connectivity index (χ0) is 21.4. The maximum absolute atomic E-state index is 9.86. The second-order valence-electron chi connectivity index (χ2n) is 7.85. The Bertz CT molecular complexity index is 1120. The van der Waals surface area contributed by atoms with E-state index in [1.54, 1.807) is 0 Å². The minimum Gasteiger partial charge on any atom is -0.440 e. The molecule has 30 heavy (non-hydrogen) atoms. The van der Waals surface area contributed by atoms with Gasteiger partial charge in [0.2, 0.25) is 5.88 Å². The van der Waals surface area contributed by atoms with Crippen LogP contribution in [0.15, 0.2) is 40.8 Å². The summed E-state index contributed by atoms with van der Waals surface area (Å²) in [6.45, 7) is 9.76. The van der Waals surface area contributed by atoms with Crippen LogP contribution in [0.25, 0.3) is 6.08 Å². The molecular weight excluding hydrogens is 376 g/mol. The first kappa shape index (κ1) is 20.0. The fourth-order valence-corrected chi connectivity index (χ4v) is 4.39. The van der Waals surface area contributed by atoms with Crippen molar-refractivity contribution in [1.82, 2.24) is 19.6 Å². The number of nitrogens with zero attached hydrogens (tertiary/aromatic N) is 5. The van der Waals surface area contributed by atoms with Gasteiger partial charge in [0.15, 0.2) is 0 Å². The first-order valence-corrected chi connectivity index (χ1v) is 10.6. The molecule has 3 heterocycles. The van der Waals surface area contributed by atoms with Crippen LogP contribution >= 0.6 is 0 Å². The number of rotatable bonds is 4. The molecule has 0 spiro atoms. The Morgan fingerprint density at radius 1 is 1.17 bits per heavy atom. The molecule has 0 bridgehead atoms. The van der Waals surface area contributed by atoms with Crippen LogP contribution in [0.4, 0.5) is 0 Å². The zero-order valence-electron chi connectivity index (χ0n) is 18.1. The van der Waals surface area contributed by atoms with Gasteiger partial charge in [-0.3, -0.25) is 9.36 Å². The van der Waals surface area contributed by atoms with Crippen LogP contribution in [0.5, 0.6) is 0 Å². The topological polar surface area (TPSA) is 94.7 Å². The summed E-state index contributed by atoms with van der Waals surface area (Å²) in [6, 6.07) is 2.30. The highest BCUT2D eigenvalue weighted by Gasteiger charge is 2.37. The molecular formula is C23H28N6O. The van der Waals surface area contributed by atoms with Gasteiger partial charge in [0.25, 0.3) is 0 Å². The summed E-state index contributed by atoms with van der Waals surface area (Å²) >= 11 is 0. The first-order chi connectivity index (χ1) is 14.5. The number of aromatic nitrogens is 4. The van der Waals surface area contributed by atoms with Crippen LogP contribution in [0.1, 0.15) is 61.5 Å². The number of nitrogens with two attached hydrogens (primary N) is 1. The van der Waals surface area contributed by atoms with Gasteiger partial charge >= 0.3 is 0 Å². The molecule has 0 saturated heterocycles. The second-order valence-corrected chi connectivity index (χ2v) is 7.85. The second kappa shape index (κ2) is 7.86. The Kier molecular flexibility index (Phi) is 5.25. The molecule has 2 aliphatic rings. The third kappa shape index (κ3) is 3.32. The van der Waals surface area contributed by atoms with E-state index in [0.717, 1.165) is 71.8 Å². The zero-order valence-corrected chi connectivity index (χ0v) is 18.1. The van der Waals surface area contributed by atoms with Crippen molar-refractivity contribution in [3.8, 4) is 6.07 Å². The molecule has 2 N–H and O–H groups in total. The SMILES string of the molecule is CCn1cc(/C=C2/CCCC3=C2OC(N)=C(C#N)[C@@H]3c2cn(CC)nc2C)c(C)n1. The van der Waals surface area contributed by atoms with Crippen LogP contribution in [0, 0.1) is 25.2 Å². The van der Waals surface area contributed by atoms with Crippen molar-refractivity contribution in [2.45, 2.75) is 66.0 Å². The quantitative estimate of drug-likeness (QED) is 0.829. The molecule has 0 amide bonds. The highest BCUT2D eigenvalue weighted by atomic mass is 16.5. The lowest BCUT2D eigenvalue weighted by molar-refractivity contribution is 0.277. The van der Waals surface area contributed by atoms with Gasteiger partial charge in [0.1, 0.15) is 17.4 Å². The highest BCUT2D eigenvalue weighted by Crippen LogP contribution is 2.47. The summed E-state index contributed by atoms with van der Waals surface area (Å²) in [4.78, 5) is 0. The van der Waals surface area contributed by atoms with E-state index in [1.165, 1.54) is 0 Å². The lowest BCUT2D eigenvalue weighted by atomic mass is 9.77. The summed E-state index contributed by atoms with van der Waals surface area (Å²) in [5, 5.41) is 19.0. The minimum atomic E-state index is -0.206. The Hall–Kier alpha value is -3.27. The number of aryl methyl sites for hydroxylation is 4. The summed E-state index contributed by atoms with van der Waals surface area (Å²) in [6.07, 6.45) is 9.04. The van der Waals surface area contributed by atoms with E-state index < -0.39 is 0 Å². The van der Waals surface area contributed by atoms with Crippen molar-refractivity contribution in [2.75, 3.05) is 0 Å². The third-order valence-electron chi connectivity index (χ3n) is 5.97. The molecule has 0 fully saturated rings. The van der Waals surface area contributed by atoms with Crippen molar-refractivity contribution >= 4 is 6.08 Å². The number of allylic oxidation sites excluding steroid dienone is 3. The molecule has 4 rings (SSSR count). The van der Waals surface area contributed by atoms with Crippen LogP contribution in [-0.2, 0) is 17.8 Å². The standard InChI is InChI=1S/C23H28N6O/c1-5-28-12-17(14(3)26-28)10-16-8-7-9-18-21(19(11-24)23(25)30-22(16)18)20-13-29(6-2)27-15(20)4/h10,12-13,21H,5-9,25H2,1-4H3/b16-10-/t21-/m1/s1. The van der Waals surface area contributed by atoms with Gasteiger partial charge < -0.3 is 10.5 Å². The van der Waals surface area contributed by atoms with Gasteiger partial charge in [-0.25, -0.2) is 0 Å². The van der Waals surface area contributed by atoms with Crippen molar-refractivity contribution in [2.24, 2.45) is 5.73 Å². The van der Waals surface area contributed by atoms with E-state index in [2.05, 4.69) is 42.4 Å². The summed E-state index contributed by atoms with van der Waals surface area (Å²) in [5.74, 6) is 0.802. The Balaban J connectivity index is 1.85. The largest absolute Gasteiger partial charge is 0.440 e. The maximum atomic E-state index is 9.86. The molecule has 7 heteroatoms. The molecule has 1 aliphatic carbocycles. The van der Waals surface area contributed by atoms with Gasteiger partial charge in [0.05, 0.1) is 17.3 Å². The molecule has 2 aromatic heterocycles. The van der Waals surface area contributed by atoms with Crippen molar-refractivity contribution in [3.63, 3.8) is 0 Å². The van der Waals surface area contributed by atoms with E-state index >= 15 is 0 Å². The van der Waals surface area contributed by atoms with Crippen LogP contribution in [0.2, 0.25) is 0 Å². The van der Waals surface area contributed by atoms with E-state index in [4.69, 9.17) is 10.5 Å². The summed E-state index contributed by atoms with van der Waals surface area (Å²) < 4.78 is 9.92. The molecule has 156 valence electrons. The van der Waals surface area contributed by atoms with Gasteiger partial charge in [-0.15, -0.1) is 0 Å². The molecule has 1 aliphatic heterocycles. The Morgan fingerprint density at radius 2 is 1.87 bits per heavy atom. The Labute approximate surface area is 177 Å². The smallest absolute Gasteiger partial charge is 0.205 e. The molecule has 7 nitrogen and oxygen atoms in total. The van der Waals surface area contributed by atoms with E-state index in [-0.39, 0.29) is 11.8 Å². The number of hydrogen-bond acceptors (Lipinski definition) is 5. The molecule has 2 aromatic rings. The van der Waals surface area contributed by atoms with Crippen LogP contribution < -0.4 is 5.73 Å². The fraction of sp³-hybridized carbons (Fsp3) is 0.435. The van der Waals surface area contributed by atoms with Crippen molar-refractivity contribution < 1.29 is 4.74 Å². The van der Waals surface area contributed by atoms with Gasteiger partial charge in [-0.2, -0.15) is 15.5 Å². The van der Waals surface area contributed by atoms with Crippen LogP contribution in [-0.4, -0.2) is 19.6 Å². The van der Waals surface area contributed by atoms with Gasteiger partial charge in [0, 0.05) is 36.6 Å². The number of nitriles is 1. The summed E-state index contributed by atoms with van der Waals surface area (Å²) in [7, 11) is 0. The molecule has 0 aromatic carbocycles. The minimum absolute atomic E-state index is 0.193. The van der Waals surface area contributed by atoms with E-state index in [9.17, 15) is 5.26 Å². The molecule has 0 radical (unpaired) electrons. The lowest BCUT2D eigenvalue weighted by Crippen LogP contribution is -2.24.